The van der Waals surface area contributed by atoms with Crippen molar-refractivity contribution in [2.75, 3.05) is 31.1 Å². The maximum atomic E-state index is 12.0. The summed E-state index contributed by atoms with van der Waals surface area (Å²) in [5.41, 5.74) is 0.739. The van der Waals surface area contributed by atoms with E-state index < -0.39 is 5.60 Å². The summed E-state index contributed by atoms with van der Waals surface area (Å²) in [6.07, 6.45) is -0.220. The standard InChI is InChI=1S/C15H22N2O2S/c1-15(2,3)19-14(18)17-10-8-16(9-11-17)12-4-6-13(20)7-5-12/h4-7,20H,8-11H2,1-3H3. The van der Waals surface area contributed by atoms with Gasteiger partial charge in [0.1, 0.15) is 5.60 Å². The van der Waals surface area contributed by atoms with Gasteiger partial charge in [-0.1, -0.05) is 0 Å². The number of thiol groups is 1. The van der Waals surface area contributed by atoms with Crippen LogP contribution in [0.1, 0.15) is 20.8 Å². The van der Waals surface area contributed by atoms with Crippen molar-refractivity contribution >= 4 is 24.4 Å². The second kappa shape index (κ2) is 5.95. The highest BCUT2D eigenvalue weighted by molar-refractivity contribution is 7.80. The highest BCUT2D eigenvalue weighted by atomic mass is 32.1. The van der Waals surface area contributed by atoms with Crippen LogP contribution in [0.4, 0.5) is 10.5 Å². The third-order valence-corrected chi connectivity index (χ3v) is 3.44. The third-order valence-electron chi connectivity index (χ3n) is 3.15. The predicted molar refractivity (Wildman–Crippen MR) is 83.7 cm³/mol. The molecule has 0 bridgehead atoms. The van der Waals surface area contributed by atoms with Crippen LogP contribution in [0.5, 0.6) is 0 Å². The van der Waals surface area contributed by atoms with E-state index in [1.54, 1.807) is 4.90 Å². The first-order valence-corrected chi connectivity index (χ1v) is 7.32. The van der Waals surface area contributed by atoms with E-state index in [-0.39, 0.29) is 6.09 Å². The molecule has 1 heterocycles. The Labute approximate surface area is 126 Å². The molecule has 1 saturated heterocycles. The highest BCUT2D eigenvalue weighted by Gasteiger charge is 2.25. The molecule has 0 aromatic heterocycles. The van der Waals surface area contributed by atoms with Crippen LogP contribution in [0, 0.1) is 0 Å². The predicted octanol–water partition coefficient (Wildman–Crippen LogP) is 3.03. The summed E-state index contributed by atoms with van der Waals surface area (Å²) >= 11 is 4.29. The fourth-order valence-electron chi connectivity index (χ4n) is 2.14. The number of carbonyl (C=O) groups is 1. The molecule has 1 aliphatic heterocycles. The Morgan fingerprint density at radius 1 is 1.10 bits per heavy atom. The fraction of sp³-hybridized carbons (Fsp3) is 0.533. The summed E-state index contributed by atoms with van der Waals surface area (Å²) in [5.74, 6) is 0. The number of anilines is 1. The lowest BCUT2D eigenvalue weighted by atomic mass is 10.2. The first-order chi connectivity index (χ1) is 9.35. The quantitative estimate of drug-likeness (QED) is 0.808. The fourth-order valence-corrected chi connectivity index (χ4v) is 2.29. The molecule has 110 valence electrons. The van der Waals surface area contributed by atoms with Crippen molar-refractivity contribution < 1.29 is 9.53 Å². The molecule has 0 unspecified atom stereocenters. The second-order valence-corrected chi connectivity index (χ2v) is 6.49. The zero-order valence-electron chi connectivity index (χ0n) is 12.3. The Balaban J connectivity index is 1.89. The lowest BCUT2D eigenvalue weighted by Crippen LogP contribution is -2.50. The Bertz CT molecular complexity index is 460. The van der Waals surface area contributed by atoms with Gasteiger partial charge in [0.15, 0.2) is 0 Å². The molecule has 0 aliphatic carbocycles. The summed E-state index contributed by atoms with van der Waals surface area (Å²) in [7, 11) is 0. The van der Waals surface area contributed by atoms with Gasteiger partial charge in [0, 0.05) is 36.8 Å². The first kappa shape index (κ1) is 15.0. The molecule has 1 fully saturated rings. The molecule has 2 rings (SSSR count). The molecule has 0 radical (unpaired) electrons. The van der Waals surface area contributed by atoms with Crippen molar-refractivity contribution in [3.63, 3.8) is 0 Å². The number of carbonyl (C=O) groups excluding carboxylic acids is 1. The van der Waals surface area contributed by atoms with Crippen LogP contribution >= 0.6 is 12.6 Å². The minimum absolute atomic E-state index is 0.220. The van der Waals surface area contributed by atoms with Gasteiger partial charge in [-0.3, -0.25) is 0 Å². The van der Waals surface area contributed by atoms with Gasteiger partial charge >= 0.3 is 6.09 Å². The number of nitrogens with zero attached hydrogens (tertiary/aromatic N) is 2. The van der Waals surface area contributed by atoms with E-state index in [0.717, 1.165) is 18.0 Å². The zero-order valence-corrected chi connectivity index (χ0v) is 13.2. The van der Waals surface area contributed by atoms with Gasteiger partial charge in [-0.05, 0) is 45.0 Å². The molecular weight excluding hydrogens is 272 g/mol. The molecule has 0 spiro atoms. The van der Waals surface area contributed by atoms with Crippen LogP contribution in [0.25, 0.3) is 0 Å². The summed E-state index contributed by atoms with van der Waals surface area (Å²) in [6, 6.07) is 8.09. The maximum absolute atomic E-state index is 12.0. The van der Waals surface area contributed by atoms with E-state index in [9.17, 15) is 4.79 Å². The van der Waals surface area contributed by atoms with Crippen LogP contribution < -0.4 is 4.90 Å². The number of piperazine rings is 1. The summed E-state index contributed by atoms with van der Waals surface area (Å²) < 4.78 is 5.39. The van der Waals surface area contributed by atoms with Crippen molar-refractivity contribution in [2.45, 2.75) is 31.3 Å². The van der Waals surface area contributed by atoms with Gasteiger partial charge in [-0.25, -0.2) is 4.79 Å². The molecule has 0 saturated carbocycles. The van der Waals surface area contributed by atoms with Gasteiger partial charge in [-0.15, -0.1) is 12.6 Å². The molecule has 1 aromatic rings. The van der Waals surface area contributed by atoms with E-state index in [1.807, 2.05) is 32.9 Å². The van der Waals surface area contributed by atoms with Crippen molar-refractivity contribution in [3.05, 3.63) is 24.3 Å². The molecule has 1 amide bonds. The Kier molecular flexibility index (Phi) is 4.48. The first-order valence-electron chi connectivity index (χ1n) is 6.87. The van der Waals surface area contributed by atoms with Crippen LogP contribution in [-0.4, -0.2) is 42.8 Å². The summed E-state index contributed by atoms with van der Waals surface area (Å²) in [6.45, 7) is 8.70. The maximum Gasteiger partial charge on any atom is 0.410 e. The van der Waals surface area contributed by atoms with Gasteiger partial charge in [-0.2, -0.15) is 0 Å². The number of ether oxygens (including phenoxy) is 1. The molecule has 4 nitrogen and oxygen atoms in total. The van der Waals surface area contributed by atoms with Crippen molar-refractivity contribution in [1.29, 1.82) is 0 Å². The lowest BCUT2D eigenvalue weighted by molar-refractivity contribution is 0.0240. The Hall–Kier alpha value is -1.36. The molecule has 0 atom stereocenters. The van der Waals surface area contributed by atoms with Crippen molar-refractivity contribution in [1.82, 2.24) is 4.90 Å². The smallest absolute Gasteiger partial charge is 0.410 e. The summed E-state index contributed by atoms with van der Waals surface area (Å²) in [4.78, 5) is 17.0. The van der Waals surface area contributed by atoms with E-state index >= 15 is 0 Å². The molecule has 0 N–H and O–H groups in total. The highest BCUT2D eigenvalue weighted by Crippen LogP contribution is 2.19. The number of hydrogen-bond acceptors (Lipinski definition) is 4. The van der Waals surface area contributed by atoms with Crippen LogP contribution in [-0.2, 0) is 4.74 Å². The number of hydrogen-bond donors (Lipinski definition) is 1. The molecular formula is C15H22N2O2S. The SMILES string of the molecule is CC(C)(C)OC(=O)N1CCN(c2ccc(S)cc2)CC1. The van der Waals surface area contributed by atoms with Crippen LogP contribution in [0.2, 0.25) is 0 Å². The average molecular weight is 294 g/mol. The van der Waals surface area contributed by atoms with Crippen LogP contribution in [0.15, 0.2) is 29.2 Å². The van der Waals surface area contributed by atoms with Crippen molar-refractivity contribution in [2.24, 2.45) is 0 Å². The topological polar surface area (TPSA) is 32.8 Å². The van der Waals surface area contributed by atoms with E-state index in [2.05, 4.69) is 29.7 Å². The van der Waals surface area contributed by atoms with E-state index in [1.165, 1.54) is 5.69 Å². The molecule has 5 heteroatoms. The van der Waals surface area contributed by atoms with Crippen LogP contribution in [0.3, 0.4) is 0 Å². The van der Waals surface area contributed by atoms with Gasteiger partial charge in [0.05, 0.1) is 0 Å². The number of amides is 1. The van der Waals surface area contributed by atoms with Gasteiger partial charge in [0.2, 0.25) is 0 Å². The molecule has 20 heavy (non-hydrogen) atoms. The van der Waals surface area contributed by atoms with Gasteiger partial charge < -0.3 is 14.5 Å². The Morgan fingerprint density at radius 3 is 2.15 bits per heavy atom. The van der Waals surface area contributed by atoms with Crippen molar-refractivity contribution in [3.8, 4) is 0 Å². The normalized spacial score (nSPS) is 16.2. The lowest BCUT2D eigenvalue weighted by Gasteiger charge is -2.36. The third kappa shape index (κ3) is 4.07. The van der Waals surface area contributed by atoms with E-state index in [0.29, 0.717) is 13.1 Å². The monoisotopic (exact) mass is 294 g/mol. The molecule has 1 aromatic carbocycles. The average Bonchev–Trinajstić information content (AvgIpc) is 2.38. The largest absolute Gasteiger partial charge is 0.444 e. The number of rotatable bonds is 1. The van der Waals surface area contributed by atoms with E-state index in [4.69, 9.17) is 4.74 Å². The minimum atomic E-state index is -0.434. The summed E-state index contributed by atoms with van der Waals surface area (Å²) in [5, 5.41) is 0. The second-order valence-electron chi connectivity index (χ2n) is 5.97. The van der Waals surface area contributed by atoms with Gasteiger partial charge in [0.25, 0.3) is 0 Å². The Morgan fingerprint density at radius 2 is 1.65 bits per heavy atom. The zero-order chi connectivity index (χ0) is 14.8. The minimum Gasteiger partial charge on any atom is -0.444 e. The molecule has 1 aliphatic rings. The number of benzene rings is 1.